The average Bonchev–Trinajstić information content (AvgIpc) is 4.13. The van der Waals surface area contributed by atoms with Gasteiger partial charge in [0, 0.05) is 56.9 Å². The summed E-state index contributed by atoms with van der Waals surface area (Å²) >= 11 is 0. The Labute approximate surface area is 403 Å². The van der Waals surface area contributed by atoms with E-state index in [1.165, 1.54) is 94.4 Å². The Morgan fingerprint density at radius 2 is 0.899 bits per heavy atom. The Kier molecular flexibility index (Phi) is 8.67. The van der Waals surface area contributed by atoms with Crippen LogP contribution in [0.3, 0.4) is 0 Å². The smallest absolute Gasteiger partial charge is 0.0714 e. The van der Waals surface area contributed by atoms with E-state index in [4.69, 9.17) is 0 Å². The van der Waals surface area contributed by atoms with Crippen molar-refractivity contribution in [3.05, 3.63) is 276 Å². The Balaban J connectivity index is 1.04. The second-order valence-electron chi connectivity index (χ2n) is 19.6. The summed E-state index contributed by atoms with van der Waals surface area (Å²) in [7, 11) is 0. The molecule has 0 saturated heterocycles. The fraction of sp³-hybridized carbons (Fsp3) is 0.0909. The summed E-state index contributed by atoms with van der Waals surface area (Å²) in [5.41, 5.74) is 23.3. The predicted octanol–water partition coefficient (Wildman–Crippen LogP) is 16.6. The van der Waals surface area contributed by atoms with Gasteiger partial charge in [-0.3, -0.25) is 0 Å². The maximum absolute atomic E-state index is 2.54. The average molecular weight is 884 g/mol. The number of nitrogens with zero attached hydrogens (tertiary/aromatic N) is 3. The highest BCUT2D eigenvalue weighted by Gasteiger charge is 2.46. The zero-order valence-electron chi connectivity index (χ0n) is 38.8. The molecule has 0 N–H and O–H groups in total. The van der Waals surface area contributed by atoms with E-state index in [0.717, 1.165) is 35.7 Å². The second kappa shape index (κ2) is 15.1. The lowest BCUT2D eigenvalue weighted by Gasteiger charge is -2.35. The van der Waals surface area contributed by atoms with Gasteiger partial charge in [0.2, 0.25) is 0 Å². The van der Waals surface area contributed by atoms with E-state index in [-0.39, 0.29) is 5.41 Å². The van der Waals surface area contributed by atoms with Gasteiger partial charge in [0.15, 0.2) is 0 Å². The van der Waals surface area contributed by atoms with Crippen molar-refractivity contribution in [3.8, 4) is 27.9 Å². The van der Waals surface area contributed by atoms with Crippen LogP contribution < -0.4 is 9.80 Å². The molecule has 0 unspecified atom stereocenters. The zero-order chi connectivity index (χ0) is 45.8. The first-order chi connectivity index (χ1) is 34.0. The van der Waals surface area contributed by atoms with Crippen molar-refractivity contribution in [1.29, 1.82) is 0 Å². The molecule has 0 fully saturated rings. The Morgan fingerprint density at radius 1 is 0.406 bits per heavy atom. The second-order valence-corrected chi connectivity index (χ2v) is 19.6. The lowest BCUT2D eigenvalue weighted by Crippen LogP contribution is -2.28. The molecule has 0 spiro atoms. The zero-order valence-corrected chi connectivity index (χ0v) is 38.8. The predicted molar refractivity (Wildman–Crippen MR) is 287 cm³/mol. The monoisotopic (exact) mass is 883 g/mol. The molecule has 0 amide bonds. The highest BCUT2D eigenvalue weighted by atomic mass is 15.2. The third kappa shape index (κ3) is 5.68. The van der Waals surface area contributed by atoms with E-state index in [9.17, 15) is 0 Å². The third-order valence-electron chi connectivity index (χ3n) is 15.7. The van der Waals surface area contributed by atoms with E-state index in [1.54, 1.807) is 0 Å². The first-order valence-electron chi connectivity index (χ1n) is 24.4. The molecule has 328 valence electrons. The molecular formula is C66H49N3. The molecule has 0 radical (unpaired) electrons. The molecule has 14 rings (SSSR count). The quantitative estimate of drug-likeness (QED) is 0.158. The van der Waals surface area contributed by atoms with E-state index in [2.05, 4.69) is 265 Å². The van der Waals surface area contributed by atoms with Gasteiger partial charge in [0.1, 0.15) is 0 Å². The largest absolute Gasteiger partial charge is 0.341 e. The molecule has 2 heterocycles. The van der Waals surface area contributed by atoms with Crippen molar-refractivity contribution in [2.45, 2.75) is 31.1 Å². The number of anilines is 5. The van der Waals surface area contributed by atoms with Crippen LogP contribution in [0.1, 0.15) is 52.8 Å². The van der Waals surface area contributed by atoms with Crippen molar-refractivity contribution >= 4 is 50.2 Å². The maximum atomic E-state index is 2.54. The molecule has 11 aromatic rings. The summed E-state index contributed by atoms with van der Waals surface area (Å²) < 4.78 is 2.47. The Bertz CT molecular complexity index is 3770. The van der Waals surface area contributed by atoms with Crippen molar-refractivity contribution in [3.63, 3.8) is 0 Å². The first kappa shape index (κ1) is 39.7. The highest BCUT2D eigenvalue weighted by molar-refractivity contribution is 6.14. The molecule has 3 aliphatic rings. The maximum Gasteiger partial charge on any atom is 0.0714 e. The van der Waals surface area contributed by atoms with Crippen LogP contribution in [0.2, 0.25) is 0 Å². The summed E-state index contributed by atoms with van der Waals surface area (Å²) in [5, 5.41) is 2.59. The Hall–Kier alpha value is -8.40. The molecule has 1 aliphatic heterocycles. The van der Waals surface area contributed by atoms with Gasteiger partial charge < -0.3 is 14.4 Å². The molecule has 0 bridgehead atoms. The van der Waals surface area contributed by atoms with Gasteiger partial charge in [-0.1, -0.05) is 172 Å². The molecule has 0 atom stereocenters. The molecule has 69 heavy (non-hydrogen) atoms. The fourth-order valence-electron chi connectivity index (χ4n) is 12.7. The van der Waals surface area contributed by atoms with Crippen LogP contribution in [0.25, 0.3) is 49.7 Å². The lowest BCUT2D eigenvalue weighted by atomic mass is 9.67. The van der Waals surface area contributed by atoms with Gasteiger partial charge in [-0.05, 0) is 146 Å². The van der Waals surface area contributed by atoms with E-state index < -0.39 is 5.41 Å². The fourth-order valence-corrected chi connectivity index (χ4v) is 12.7. The SMILES string of the molecule is CC1(C)c2ccccc2-c2ccc(N(c3ccc4c(c3)C(c3ccccc3)(c3ccccc3)c3ccccc3-4)c3ccc4c(c3)c3c5c(ccc3n4-c3ccccc3)N(c3ccccc3)CC5)cc21. The van der Waals surface area contributed by atoms with Crippen molar-refractivity contribution in [2.24, 2.45) is 0 Å². The van der Waals surface area contributed by atoms with E-state index in [0.29, 0.717) is 0 Å². The molecule has 3 heteroatoms. The van der Waals surface area contributed by atoms with Gasteiger partial charge in [-0.2, -0.15) is 0 Å². The summed E-state index contributed by atoms with van der Waals surface area (Å²) in [4.78, 5) is 5.03. The van der Waals surface area contributed by atoms with Crippen LogP contribution in [-0.4, -0.2) is 11.1 Å². The normalized spacial score (nSPS) is 14.6. The van der Waals surface area contributed by atoms with Crippen molar-refractivity contribution in [2.75, 3.05) is 16.3 Å². The number of fused-ring (bicyclic) bond motifs is 11. The molecular weight excluding hydrogens is 835 g/mol. The van der Waals surface area contributed by atoms with Crippen molar-refractivity contribution in [1.82, 2.24) is 4.57 Å². The van der Waals surface area contributed by atoms with Gasteiger partial charge >= 0.3 is 0 Å². The van der Waals surface area contributed by atoms with Crippen LogP contribution in [0, 0.1) is 0 Å². The number of rotatable bonds is 7. The van der Waals surface area contributed by atoms with Gasteiger partial charge in [-0.15, -0.1) is 0 Å². The number of aromatic nitrogens is 1. The minimum absolute atomic E-state index is 0.165. The summed E-state index contributed by atoms with van der Waals surface area (Å²) in [5.74, 6) is 0. The number of para-hydroxylation sites is 2. The van der Waals surface area contributed by atoms with Crippen LogP contribution in [0.15, 0.2) is 237 Å². The standard InChI is InChI=1S/C66H49N3/c1-65(2)57-29-17-15-27-51(57)53-34-31-49(42-59(53)65)68(50-32-35-54-52-28-16-18-30-58(52)66(60(54)43-50,44-19-7-3-8-20-44)45-21-9-4-10-22-45)48-33-36-62-56(41-48)64-55-39-40-67(46-23-11-5-12-24-46)61(55)37-38-63(64)69(62)47-25-13-6-14-26-47/h3-38,41-43H,39-40H2,1-2H3. The van der Waals surface area contributed by atoms with E-state index in [1.807, 2.05) is 0 Å². The van der Waals surface area contributed by atoms with Crippen molar-refractivity contribution < 1.29 is 0 Å². The van der Waals surface area contributed by atoms with Crippen LogP contribution in [0.5, 0.6) is 0 Å². The van der Waals surface area contributed by atoms with Crippen LogP contribution in [-0.2, 0) is 17.3 Å². The van der Waals surface area contributed by atoms with Crippen LogP contribution in [0.4, 0.5) is 28.4 Å². The first-order valence-corrected chi connectivity index (χ1v) is 24.4. The summed E-state index contributed by atoms with van der Waals surface area (Å²) in [6.07, 6.45) is 0.969. The van der Waals surface area contributed by atoms with Gasteiger partial charge in [0.05, 0.1) is 16.4 Å². The summed E-state index contributed by atoms with van der Waals surface area (Å²) in [6, 6.07) is 88.5. The molecule has 10 aromatic carbocycles. The molecule has 2 aliphatic carbocycles. The van der Waals surface area contributed by atoms with Gasteiger partial charge in [-0.25, -0.2) is 0 Å². The van der Waals surface area contributed by atoms with Gasteiger partial charge in [0.25, 0.3) is 0 Å². The van der Waals surface area contributed by atoms with Crippen LogP contribution >= 0.6 is 0 Å². The minimum Gasteiger partial charge on any atom is -0.341 e. The summed E-state index contributed by atoms with van der Waals surface area (Å²) in [6.45, 7) is 5.71. The van der Waals surface area contributed by atoms with E-state index >= 15 is 0 Å². The molecule has 0 saturated carbocycles. The Morgan fingerprint density at radius 3 is 1.57 bits per heavy atom. The molecule has 3 nitrogen and oxygen atoms in total. The third-order valence-corrected chi connectivity index (χ3v) is 15.7. The highest BCUT2D eigenvalue weighted by Crippen LogP contribution is 2.58. The number of benzene rings is 10. The number of hydrogen-bond donors (Lipinski definition) is 0. The number of hydrogen-bond acceptors (Lipinski definition) is 2. The topological polar surface area (TPSA) is 11.4 Å². The lowest BCUT2D eigenvalue weighted by molar-refractivity contribution is 0.660. The molecule has 1 aromatic heterocycles. The minimum atomic E-state index is -0.532.